The summed E-state index contributed by atoms with van der Waals surface area (Å²) in [6.07, 6.45) is 2.59. The molecule has 0 radical (unpaired) electrons. The van der Waals surface area contributed by atoms with Crippen molar-refractivity contribution < 1.29 is 29.1 Å². The molecule has 4 atom stereocenters. The number of carbonyl (C=O) groups excluding carboxylic acids is 4. The summed E-state index contributed by atoms with van der Waals surface area (Å²) >= 11 is 1.56. The predicted octanol–water partition coefficient (Wildman–Crippen LogP) is -1.45. The maximum Gasteiger partial charge on any atom is 0.326 e. The van der Waals surface area contributed by atoms with E-state index in [1.807, 2.05) is 13.2 Å². The number of rotatable bonds is 15. The molecule has 30 heavy (non-hydrogen) atoms. The maximum absolute atomic E-state index is 12.5. The van der Waals surface area contributed by atoms with Crippen LogP contribution in [0.2, 0.25) is 0 Å². The molecule has 0 aliphatic carbocycles. The van der Waals surface area contributed by atoms with Gasteiger partial charge >= 0.3 is 5.97 Å². The van der Waals surface area contributed by atoms with Gasteiger partial charge in [-0.1, -0.05) is 20.3 Å². The summed E-state index contributed by atoms with van der Waals surface area (Å²) in [5.74, 6) is -3.29. The smallest absolute Gasteiger partial charge is 0.326 e. The van der Waals surface area contributed by atoms with Gasteiger partial charge in [-0.05, 0) is 30.8 Å². The number of hydrogen-bond donors (Lipinski definition) is 6. The average molecular weight is 448 g/mol. The summed E-state index contributed by atoms with van der Waals surface area (Å²) < 4.78 is 0. The zero-order valence-electron chi connectivity index (χ0n) is 17.6. The van der Waals surface area contributed by atoms with Crippen LogP contribution in [-0.4, -0.2) is 71.4 Å². The fourth-order valence-electron chi connectivity index (χ4n) is 2.40. The highest BCUT2D eigenvalue weighted by Crippen LogP contribution is 2.09. The first-order valence-electron chi connectivity index (χ1n) is 9.66. The van der Waals surface area contributed by atoms with Gasteiger partial charge in [0.05, 0.1) is 12.6 Å². The van der Waals surface area contributed by atoms with Gasteiger partial charge in [0, 0.05) is 6.42 Å². The van der Waals surface area contributed by atoms with E-state index in [9.17, 15) is 24.0 Å². The van der Waals surface area contributed by atoms with Crippen LogP contribution in [0, 0.1) is 5.92 Å². The second-order valence-corrected chi connectivity index (χ2v) is 7.93. The molecule has 0 aliphatic heterocycles. The molecule has 0 aromatic rings. The first-order valence-corrected chi connectivity index (χ1v) is 11.1. The zero-order valence-corrected chi connectivity index (χ0v) is 18.4. The van der Waals surface area contributed by atoms with E-state index < -0.39 is 54.3 Å². The number of amides is 4. The predicted molar refractivity (Wildman–Crippen MR) is 113 cm³/mol. The molecule has 4 amide bonds. The summed E-state index contributed by atoms with van der Waals surface area (Å²) in [5.41, 5.74) is 10.8. The highest BCUT2D eigenvalue weighted by molar-refractivity contribution is 7.98. The van der Waals surface area contributed by atoms with Crippen molar-refractivity contribution in [2.75, 3.05) is 18.6 Å². The Kier molecular flexibility index (Phi) is 13.5. The van der Waals surface area contributed by atoms with Crippen molar-refractivity contribution in [3.8, 4) is 0 Å². The third kappa shape index (κ3) is 11.0. The number of hydrogen-bond acceptors (Lipinski definition) is 7. The Morgan fingerprint density at radius 1 is 1.07 bits per heavy atom. The van der Waals surface area contributed by atoms with Gasteiger partial charge < -0.3 is 32.5 Å². The summed E-state index contributed by atoms with van der Waals surface area (Å²) in [7, 11) is 0. The Morgan fingerprint density at radius 3 is 2.20 bits per heavy atom. The van der Waals surface area contributed by atoms with E-state index in [1.54, 1.807) is 18.7 Å². The second-order valence-electron chi connectivity index (χ2n) is 6.94. The molecule has 0 heterocycles. The first kappa shape index (κ1) is 27.7. The van der Waals surface area contributed by atoms with Crippen molar-refractivity contribution in [3.05, 3.63) is 0 Å². The zero-order chi connectivity index (χ0) is 23.3. The summed E-state index contributed by atoms with van der Waals surface area (Å²) in [6, 6.07) is -2.94. The lowest BCUT2D eigenvalue weighted by Crippen LogP contribution is -2.55. The van der Waals surface area contributed by atoms with E-state index >= 15 is 0 Å². The van der Waals surface area contributed by atoms with Gasteiger partial charge in [-0.3, -0.25) is 19.2 Å². The number of thioether (sulfide) groups is 1. The topological polar surface area (TPSA) is 194 Å². The summed E-state index contributed by atoms with van der Waals surface area (Å²) in [4.78, 5) is 58.8. The van der Waals surface area contributed by atoms with E-state index in [4.69, 9.17) is 16.6 Å². The normalized spacial score (nSPS) is 14.7. The van der Waals surface area contributed by atoms with Gasteiger partial charge in [-0.2, -0.15) is 11.8 Å². The average Bonchev–Trinajstić information content (AvgIpc) is 2.69. The Balaban J connectivity index is 4.84. The SMILES string of the molecule is CCC(C)C(NC(=O)C(N)CCSC)C(=O)NCC(=O)NC(CCC(N)=O)C(=O)O. The highest BCUT2D eigenvalue weighted by atomic mass is 32.2. The Bertz CT molecular complexity index is 618. The van der Waals surface area contributed by atoms with Gasteiger partial charge in [0.2, 0.25) is 23.6 Å². The number of nitrogens with two attached hydrogens (primary N) is 2. The van der Waals surface area contributed by atoms with Crippen LogP contribution in [0.25, 0.3) is 0 Å². The lowest BCUT2D eigenvalue weighted by Gasteiger charge is -2.25. The van der Waals surface area contributed by atoms with Crippen LogP contribution in [0.4, 0.5) is 0 Å². The molecule has 12 heteroatoms. The largest absolute Gasteiger partial charge is 0.480 e. The summed E-state index contributed by atoms with van der Waals surface area (Å²) in [5, 5.41) is 16.4. The van der Waals surface area contributed by atoms with E-state index in [1.165, 1.54) is 0 Å². The van der Waals surface area contributed by atoms with E-state index in [0.29, 0.717) is 18.6 Å². The molecule has 11 nitrogen and oxygen atoms in total. The second kappa shape index (κ2) is 14.6. The number of carbonyl (C=O) groups is 5. The number of aliphatic carboxylic acids is 1. The highest BCUT2D eigenvalue weighted by Gasteiger charge is 2.28. The minimum atomic E-state index is -1.32. The van der Waals surface area contributed by atoms with E-state index in [0.717, 1.165) is 0 Å². The number of primary amides is 1. The molecule has 0 aromatic heterocycles. The molecular formula is C18H33N5O6S. The van der Waals surface area contributed by atoms with Gasteiger partial charge in [-0.15, -0.1) is 0 Å². The van der Waals surface area contributed by atoms with Crippen LogP contribution >= 0.6 is 11.8 Å². The fraction of sp³-hybridized carbons (Fsp3) is 0.722. The Hall–Kier alpha value is -2.34. The minimum absolute atomic E-state index is 0.163. The third-order valence-electron chi connectivity index (χ3n) is 4.50. The van der Waals surface area contributed by atoms with Crippen molar-refractivity contribution in [3.63, 3.8) is 0 Å². The minimum Gasteiger partial charge on any atom is -0.480 e. The van der Waals surface area contributed by atoms with Crippen LogP contribution in [0.1, 0.15) is 39.5 Å². The van der Waals surface area contributed by atoms with Crippen molar-refractivity contribution in [1.82, 2.24) is 16.0 Å². The van der Waals surface area contributed by atoms with Crippen LogP contribution in [-0.2, 0) is 24.0 Å². The van der Waals surface area contributed by atoms with Crippen LogP contribution in [0.3, 0.4) is 0 Å². The van der Waals surface area contributed by atoms with Gasteiger partial charge in [0.15, 0.2) is 0 Å². The molecule has 0 saturated heterocycles. The first-order chi connectivity index (χ1) is 14.0. The third-order valence-corrected chi connectivity index (χ3v) is 5.14. The Morgan fingerprint density at radius 2 is 1.70 bits per heavy atom. The van der Waals surface area contributed by atoms with Crippen LogP contribution < -0.4 is 27.4 Å². The van der Waals surface area contributed by atoms with Crippen LogP contribution in [0.15, 0.2) is 0 Å². The molecule has 172 valence electrons. The van der Waals surface area contributed by atoms with E-state index in [2.05, 4.69) is 16.0 Å². The fourth-order valence-corrected chi connectivity index (χ4v) is 2.89. The molecule has 0 rings (SSSR count). The standard InChI is InChI=1S/C18H33N5O6S/c1-4-10(2)15(23-16(26)11(19)7-8-30-3)17(27)21-9-14(25)22-12(18(28)29)5-6-13(20)24/h10-12,15H,4-9,19H2,1-3H3,(H2,20,24)(H,21,27)(H,22,25)(H,23,26)(H,28,29). The van der Waals surface area contributed by atoms with Gasteiger partial charge in [0.25, 0.3) is 0 Å². The molecular weight excluding hydrogens is 414 g/mol. The van der Waals surface area contributed by atoms with Gasteiger partial charge in [0.1, 0.15) is 12.1 Å². The molecule has 0 fully saturated rings. The van der Waals surface area contributed by atoms with Crippen LogP contribution in [0.5, 0.6) is 0 Å². The van der Waals surface area contributed by atoms with E-state index in [-0.39, 0.29) is 18.8 Å². The van der Waals surface area contributed by atoms with Crippen molar-refractivity contribution in [1.29, 1.82) is 0 Å². The molecule has 8 N–H and O–H groups in total. The van der Waals surface area contributed by atoms with Crippen molar-refractivity contribution in [2.24, 2.45) is 17.4 Å². The molecule has 4 unspecified atom stereocenters. The lowest BCUT2D eigenvalue weighted by atomic mass is 9.97. The van der Waals surface area contributed by atoms with Crippen molar-refractivity contribution in [2.45, 2.75) is 57.7 Å². The monoisotopic (exact) mass is 447 g/mol. The maximum atomic E-state index is 12.5. The molecule has 0 aliphatic rings. The molecule has 0 aromatic carbocycles. The van der Waals surface area contributed by atoms with Crippen molar-refractivity contribution >= 4 is 41.4 Å². The number of nitrogens with one attached hydrogen (secondary N) is 3. The molecule has 0 spiro atoms. The number of carboxylic acid groups (broad SMARTS) is 1. The molecule has 0 bridgehead atoms. The quantitative estimate of drug-likeness (QED) is 0.175. The number of carboxylic acids is 1. The van der Waals surface area contributed by atoms with Gasteiger partial charge in [-0.25, -0.2) is 4.79 Å². The molecule has 0 saturated carbocycles. The Labute approximate surface area is 180 Å². The summed E-state index contributed by atoms with van der Waals surface area (Å²) in [6.45, 7) is 3.15. The lowest BCUT2D eigenvalue weighted by molar-refractivity contribution is -0.142.